The van der Waals surface area contributed by atoms with Crippen molar-refractivity contribution >= 4 is 11.7 Å². The molecular formula is C7H9N3O4. The fourth-order valence-electron chi connectivity index (χ4n) is 0.867. The van der Waals surface area contributed by atoms with E-state index in [2.05, 4.69) is 14.9 Å². The van der Waals surface area contributed by atoms with E-state index >= 15 is 0 Å². The SMILES string of the molecule is CCC(=O)Oc1n[nH]c(C)c1[N+](=O)[O-]. The quantitative estimate of drug-likeness (QED) is 0.443. The second kappa shape index (κ2) is 3.86. The monoisotopic (exact) mass is 199 g/mol. The summed E-state index contributed by atoms with van der Waals surface area (Å²) in [6.45, 7) is 3.07. The Morgan fingerprint density at radius 2 is 2.36 bits per heavy atom. The Bertz CT molecular complexity index is 371. The maximum absolute atomic E-state index is 10.9. The molecule has 0 saturated carbocycles. The smallest absolute Gasteiger partial charge is 0.353 e. The summed E-state index contributed by atoms with van der Waals surface area (Å²) in [7, 11) is 0. The zero-order valence-corrected chi connectivity index (χ0v) is 7.73. The van der Waals surface area contributed by atoms with Crippen LogP contribution in [0.25, 0.3) is 0 Å². The average molecular weight is 199 g/mol. The van der Waals surface area contributed by atoms with Crippen molar-refractivity contribution in [2.45, 2.75) is 20.3 Å². The van der Waals surface area contributed by atoms with E-state index in [-0.39, 0.29) is 23.7 Å². The van der Waals surface area contributed by atoms with Gasteiger partial charge >= 0.3 is 17.5 Å². The summed E-state index contributed by atoms with van der Waals surface area (Å²) in [6, 6.07) is 0. The number of hydrogen-bond acceptors (Lipinski definition) is 5. The minimum absolute atomic E-state index is 0.142. The van der Waals surface area contributed by atoms with Crippen molar-refractivity contribution in [3.05, 3.63) is 15.8 Å². The first-order chi connectivity index (χ1) is 6.56. The summed E-state index contributed by atoms with van der Waals surface area (Å²) in [6.07, 6.45) is 0.142. The summed E-state index contributed by atoms with van der Waals surface area (Å²) in [5.41, 5.74) is -0.0410. The van der Waals surface area contributed by atoms with Gasteiger partial charge in [-0.3, -0.25) is 20.0 Å². The molecule has 0 radical (unpaired) electrons. The predicted octanol–water partition coefficient (Wildman–Crippen LogP) is 0.942. The fourth-order valence-corrected chi connectivity index (χ4v) is 0.867. The molecule has 0 aliphatic rings. The summed E-state index contributed by atoms with van der Waals surface area (Å²) < 4.78 is 4.65. The van der Waals surface area contributed by atoms with E-state index in [1.807, 2.05) is 0 Å². The molecule has 76 valence electrons. The van der Waals surface area contributed by atoms with Crippen LogP contribution < -0.4 is 4.74 Å². The van der Waals surface area contributed by atoms with Crippen molar-refractivity contribution < 1.29 is 14.5 Å². The van der Waals surface area contributed by atoms with E-state index in [1.165, 1.54) is 6.92 Å². The van der Waals surface area contributed by atoms with Crippen LogP contribution in [0, 0.1) is 17.0 Å². The second-order valence-electron chi connectivity index (χ2n) is 2.59. The van der Waals surface area contributed by atoms with Crippen LogP contribution in [-0.4, -0.2) is 21.1 Å². The van der Waals surface area contributed by atoms with Gasteiger partial charge in [-0.1, -0.05) is 6.92 Å². The molecule has 0 amide bonds. The number of rotatable bonds is 3. The fraction of sp³-hybridized carbons (Fsp3) is 0.429. The van der Waals surface area contributed by atoms with Gasteiger partial charge in [0.15, 0.2) is 0 Å². The standard InChI is InChI=1S/C7H9N3O4/c1-3-5(11)14-7-6(10(12)13)4(2)8-9-7/h3H2,1-2H3,(H,8,9). The van der Waals surface area contributed by atoms with Gasteiger partial charge in [-0.15, -0.1) is 5.10 Å². The Labute approximate surface area is 79.2 Å². The van der Waals surface area contributed by atoms with Gasteiger partial charge in [-0.05, 0) is 6.92 Å². The lowest BCUT2D eigenvalue weighted by atomic mass is 10.4. The van der Waals surface area contributed by atoms with Crippen LogP contribution in [-0.2, 0) is 4.79 Å². The molecule has 0 saturated heterocycles. The number of H-pyrrole nitrogens is 1. The number of nitro groups is 1. The summed E-state index contributed by atoms with van der Waals surface area (Å²) in [5.74, 6) is -0.834. The van der Waals surface area contributed by atoms with E-state index in [0.717, 1.165) is 0 Å². The zero-order chi connectivity index (χ0) is 10.7. The van der Waals surface area contributed by atoms with Crippen LogP contribution in [0.15, 0.2) is 0 Å². The van der Waals surface area contributed by atoms with E-state index < -0.39 is 10.9 Å². The van der Waals surface area contributed by atoms with Crippen molar-refractivity contribution in [3.63, 3.8) is 0 Å². The Morgan fingerprint density at radius 1 is 1.71 bits per heavy atom. The lowest BCUT2D eigenvalue weighted by Crippen LogP contribution is -2.07. The van der Waals surface area contributed by atoms with Crippen LogP contribution in [0.1, 0.15) is 19.0 Å². The highest BCUT2D eigenvalue weighted by Gasteiger charge is 2.24. The predicted molar refractivity (Wildman–Crippen MR) is 45.9 cm³/mol. The second-order valence-corrected chi connectivity index (χ2v) is 2.59. The lowest BCUT2D eigenvalue weighted by Gasteiger charge is -1.96. The number of carbonyl (C=O) groups excluding carboxylic acids is 1. The third kappa shape index (κ3) is 1.87. The van der Waals surface area contributed by atoms with Gasteiger partial charge in [0, 0.05) is 6.42 Å². The Hall–Kier alpha value is -1.92. The number of nitrogens with zero attached hydrogens (tertiary/aromatic N) is 2. The Balaban J connectivity index is 2.98. The Kier molecular flexibility index (Phi) is 2.80. The van der Waals surface area contributed by atoms with Crippen molar-refractivity contribution in [2.75, 3.05) is 0 Å². The maximum Gasteiger partial charge on any atom is 0.353 e. The van der Waals surface area contributed by atoms with Gasteiger partial charge < -0.3 is 4.74 Å². The number of aryl methyl sites for hydroxylation is 1. The molecule has 1 aromatic heterocycles. The summed E-state index contributed by atoms with van der Waals surface area (Å²) in [5, 5.41) is 16.4. The van der Waals surface area contributed by atoms with Crippen LogP contribution in [0.2, 0.25) is 0 Å². The first-order valence-electron chi connectivity index (χ1n) is 3.96. The molecule has 0 unspecified atom stereocenters. The van der Waals surface area contributed by atoms with Crippen molar-refractivity contribution in [1.82, 2.24) is 10.2 Å². The number of hydrogen-bond donors (Lipinski definition) is 1. The molecule has 1 rings (SSSR count). The van der Waals surface area contributed by atoms with Gasteiger partial charge in [-0.2, -0.15) is 0 Å². The molecule has 0 fully saturated rings. The largest absolute Gasteiger partial charge is 0.400 e. The first-order valence-corrected chi connectivity index (χ1v) is 3.96. The van der Waals surface area contributed by atoms with Gasteiger partial charge in [-0.25, -0.2) is 0 Å². The molecule has 7 heteroatoms. The summed E-state index contributed by atoms with van der Waals surface area (Å²) >= 11 is 0. The molecule has 0 atom stereocenters. The van der Waals surface area contributed by atoms with Crippen molar-refractivity contribution in [3.8, 4) is 5.88 Å². The number of carbonyl (C=O) groups is 1. The molecule has 1 aromatic rings. The molecular weight excluding hydrogens is 190 g/mol. The molecule has 0 spiro atoms. The Morgan fingerprint density at radius 3 is 2.86 bits per heavy atom. The molecule has 0 bridgehead atoms. The van der Waals surface area contributed by atoms with Gasteiger partial charge in [0.1, 0.15) is 5.69 Å². The van der Waals surface area contributed by atoms with Gasteiger partial charge in [0.2, 0.25) is 0 Å². The molecule has 1 N–H and O–H groups in total. The first kappa shape index (κ1) is 10.2. The number of aromatic nitrogens is 2. The number of nitrogens with one attached hydrogen (secondary N) is 1. The number of esters is 1. The third-order valence-corrected chi connectivity index (χ3v) is 1.56. The topological polar surface area (TPSA) is 98.1 Å². The highest BCUT2D eigenvalue weighted by molar-refractivity contribution is 5.72. The molecule has 14 heavy (non-hydrogen) atoms. The van der Waals surface area contributed by atoms with E-state index in [9.17, 15) is 14.9 Å². The zero-order valence-electron chi connectivity index (χ0n) is 7.73. The van der Waals surface area contributed by atoms with Gasteiger partial charge in [0.25, 0.3) is 0 Å². The minimum Gasteiger partial charge on any atom is -0.400 e. The third-order valence-electron chi connectivity index (χ3n) is 1.56. The highest BCUT2D eigenvalue weighted by atomic mass is 16.6. The van der Waals surface area contributed by atoms with Crippen LogP contribution >= 0.6 is 0 Å². The van der Waals surface area contributed by atoms with Crippen LogP contribution in [0.3, 0.4) is 0 Å². The van der Waals surface area contributed by atoms with Crippen molar-refractivity contribution in [2.24, 2.45) is 0 Å². The number of ether oxygens (including phenoxy) is 1. The van der Waals surface area contributed by atoms with E-state index in [0.29, 0.717) is 0 Å². The highest BCUT2D eigenvalue weighted by Crippen LogP contribution is 2.27. The van der Waals surface area contributed by atoms with Crippen molar-refractivity contribution in [1.29, 1.82) is 0 Å². The molecule has 0 aromatic carbocycles. The molecule has 0 aliphatic carbocycles. The van der Waals surface area contributed by atoms with Crippen LogP contribution in [0.4, 0.5) is 5.69 Å². The van der Waals surface area contributed by atoms with Gasteiger partial charge in [0.05, 0.1) is 4.92 Å². The normalized spacial score (nSPS) is 9.86. The van der Waals surface area contributed by atoms with E-state index in [4.69, 9.17) is 0 Å². The molecule has 0 aliphatic heterocycles. The minimum atomic E-state index is -0.642. The molecule has 1 heterocycles. The maximum atomic E-state index is 10.9. The van der Waals surface area contributed by atoms with E-state index in [1.54, 1.807) is 6.92 Å². The summed E-state index contributed by atoms with van der Waals surface area (Å²) in [4.78, 5) is 20.8. The average Bonchev–Trinajstić information content (AvgIpc) is 2.46. The number of aromatic amines is 1. The molecule has 7 nitrogen and oxygen atoms in total. The van der Waals surface area contributed by atoms with Crippen LogP contribution in [0.5, 0.6) is 5.88 Å². The lowest BCUT2D eigenvalue weighted by molar-refractivity contribution is -0.386.